The number of piperidine rings is 1. The van der Waals surface area contributed by atoms with Crippen molar-refractivity contribution in [3.05, 3.63) is 65.8 Å². The van der Waals surface area contributed by atoms with Crippen LogP contribution in [-0.4, -0.2) is 43.6 Å². The van der Waals surface area contributed by atoms with E-state index >= 15 is 0 Å². The SMILES string of the molecule is CC(C)c1cc(C(=O)N2CCCC(c3nccn3Cc3ccncc3)C2)on1. The summed E-state index contributed by atoms with van der Waals surface area (Å²) in [7, 11) is 0. The van der Waals surface area contributed by atoms with Crippen LogP contribution in [0.2, 0.25) is 0 Å². The fourth-order valence-electron chi connectivity index (χ4n) is 3.69. The van der Waals surface area contributed by atoms with Crippen molar-refractivity contribution in [1.29, 1.82) is 0 Å². The Morgan fingerprint density at radius 1 is 1.29 bits per heavy atom. The molecular formula is C21H25N5O2. The molecule has 3 aromatic rings. The van der Waals surface area contributed by atoms with Crippen LogP contribution in [0.3, 0.4) is 0 Å². The van der Waals surface area contributed by atoms with E-state index in [0.717, 1.165) is 37.4 Å². The van der Waals surface area contributed by atoms with Gasteiger partial charge in [0.1, 0.15) is 5.82 Å². The summed E-state index contributed by atoms with van der Waals surface area (Å²) in [6.07, 6.45) is 9.41. The number of hydrogen-bond acceptors (Lipinski definition) is 5. The number of nitrogens with zero attached hydrogens (tertiary/aromatic N) is 5. The van der Waals surface area contributed by atoms with Crippen LogP contribution in [0.5, 0.6) is 0 Å². The Bertz CT molecular complexity index is 931. The van der Waals surface area contributed by atoms with Crippen LogP contribution in [0.1, 0.15) is 66.2 Å². The molecule has 1 aliphatic rings. The molecule has 1 amide bonds. The average Bonchev–Trinajstić information content (AvgIpc) is 3.38. The van der Waals surface area contributed by atoms with Crippen molar-refractivity contribution in [2.45, 2.75) is 45.1 Å². The van der Waals surface area contributed by atoms with E-state index in [1.807, 2.05) is 43.3 Å². The minimum atomic E-state index is -0.0867. The van der Waals surface area contributed by atoms with E-state index in [1.54, 1.807) is 18.5 Å². The molecule has 0 bridgehead atoms. The zero-order valence-electron chi connectivity index (χ0n) is 16.3. The van der Waals surface area contributed by atoms with Gasteiger partial charge in [0.15, 0.2) is 0 Å². The molecular weight excluding hydrogens is 354 g/mol. The number of rotatable bonds is 5. The summed E-state index contributed by atoms with van der Waals surface area (Å²) in [5.74, 6) is 1.71. The van der Waals surface area contributed by atoms with Crippen LogP contribution in [-0.2, 0) is 6.54 Å². The number of pyridine rings is 1. The molecule has 4 heterocycles. The quantitative estimate of drug-likeness (QED) is 0.678. The lowest BCUT2D eigenvalue weighted by molar-refractivity contribution is 0.0661. The fourth-order valence-corrected chi connectivity index (χ4v) is 3.69. The molecule has 146 valence electrons. The third-order valence-corrected chi connectivity index (χ3v) is 5.25. The summed E-state index contributed by atoms with van der Waals surface area (Å²) in [6, 6.07) is 5.79. The first-order valence-electron chi connectivity index (χ1n) is 9.77. The lowest BCUT2D eigenvalue weighted by atomic mass is 9.96. The third-order valence-electron chi connectivity index (χ3n) is 5.25. The minimum Gasteiger partial charge on any atom is -0.351 e. The van der Waals surface area contributed by atoms with E-state index in [-0.39, 0.29) is 17.7 Å². The molecule has 1 aliphatic heterocycles. The van der Waals surface area contributed by atoms with E-state index in [1.165, 1.54) is 5.56 Å². The van der Waals surface area contributed by atoms with Crippen molar-refractivity contribution in [2.24, 2.45) is 0 Å². The molecule has 1 saturated heterocycles. The lowest BCUT2D eigenvalue weighted by Gasteiger charge is -2.32. The van der Waals surface area contributed by atoms with Crippen molar-refractivity contribution in [2.75, 3.05) is 13.1 Å². The molecule has 0 N–H and O–H groups in total. The molecule has 0 spiro atoms. The summed E-state index contributed by atoms with van der Waals surface area (Å²) in [6.45, 7) is 6.20. The summed E-state index contributed by atoms with van der Waals surface area (Å²) in [4.78, 5) is 23.4. The third kappa shape index (κ3) is 3.83. The molecule has 1 atom stereocenters. The highest BCUT2D eigenvalue weighted by Gasteiger charge is 2.30. The van der Waals surface area contributed by atoms with Gasteiger partial charge in [-0.05, 0) is 36.5 Å². The molecule has 0 saturated carbocycles. The van der Waals surface area contributed by atoms with Crippen molar-refractivity contribution < 1.29 is 9.32 Å². The normalized spacial score (nSPS) is 17.2. The molecule has 7 nitrogen and oxygen atoms in total. The zero-order chi connectivity index (χ0) is 19.5. The van der Waals surface area contributed by atoms with Crippen molar-refractivity contribution in [3.63, 3.8) is 0 Å². The molecule has 0 radical (unpaired) electrons. The van der Waals surface area contributed by atoms with Crippen LogP contribution < -0.4 is 0 Å². The van der Waals surface area contributed by atoms with Crippen molar-refractivity contribution in [3.8, 4) is 0 Å². The van der Waals surface area contributed by atoms with E-state index in [9.17, 15) is 4.79 Å². The van der Waals surface area contributed by atoms with Gasteiger partial charge in [0, 0.05) is 56.4 Å². The van der Waals surface area contributed by atoms with E-state index in [4.69, 9.17) is 4.52 Å². The predicted molar refractivity (Wildman–Crippen MR) is 104 cm³/mol. The fraction of sp³-hybridized carbons (Fsp3) is 0.429. The molecule has 0 aliphatic carbocycles. The van der Waals surface area contributed by atoms with E-state index < -0.39 is 0 Å². The Morgan fingerprint density at radius 2 is 2.11 bits per heavy atom. The predicted octanol–water partition coefficient (Wildman–Crippen LogP) is 3.46. The van der Waals surface area contributed by atoms with Crippen molar-refractivity contribution in [1.82, 2.24) is 24.6 Å². The number of hydrogen-bond donors (Lipinski definition) is 0. The van der Waals surface area contributed by atoms with Gasteiger partial charge in [0.25, 0.3) is 5.91 Å². The van der Waals surface area contributed by atoms with E-state index in [2.05, 4.69) is 19.7 Å². The number of aromatic nitrogens is 4. The monoisotopic (exact) mass is 379 g/mol. The molecule has 1 fully saturated rings. The summed E-state index contributed by atoms with van der Waals surface area (Å²) < 4.78 is 7.47. The van der Waals surface area contributed by atoms with Gasteiger partial charge in [-0.3, -0.25) is 9.78 Å². The molecule has 3 aromatic heterocycles. The lowest BCUT2D eigenvalue weighted by Crippen LogP contribution is -2.39. The maximum atomic E-state index is 12.9. The summed E-state index contributed by atoms with van der Waals surface area (Å²) in [5, 5.41) is 4.02. The summed E-state index contributed by atoms with van der Waals surface area (Å²) in [5.41, 5.74) is 1.99. The van der Waals surface area contributed by atoms with Gasteiger partial charge in [0.2, 0.25) is 5.76 Å². The second-order valence-corrected chi connectivity index (χ2v) is 7.63. The van der Waals surface area contributed by atoms with Crippen LogP contribution in [0.4, 0.5) is 0 Å². The number of carbonyl (C=O) groups is 1. The Labute approximate surface area is 164 Å². The van der Waals surface area contributed by atoms with Crippen LogP contribution in [0.25, 0.3) is 0 Å². The second-order valence-electron chi connectivity index (χ2n) is 7.63. The Balaban J connectivity index is 1.48. The van der Waals surface area contributed by atoms with Gasteiger partial charge in [-0.15, -0.1) is 0 Å². The highest BCUT2D eigenvalue weighted by atomic mass is 16.5. The number of amides is 1. The highest BCUT2D eigenvalue weighted by Crippen LogP contribution is 2.27. The Morgan fingerprint density at radius 3 is 2.86 bits per heavy atom. The van der Waals surface area contributed by atoms with Crippen LogP contribution in [0.15, 0.2) is 47.5 Å². The van der Waals surface area contributed by atoms with Crippen LogP contribution >= 0.6 is 0 Å². The van der Waals surface area contributed by atoms with Gasteiger partial charge in [-0.1, -0.05) is 19.0 Å². The number of carbonyl (C=O) groups excluding carboxylic acids is 1. The van der Waals surface area contributed by atoms with Crippen LogP contribution in [0, 0.1) is 0 Å². The largest absolute Gasteiger partial charge is 0.351 e. The summed E-state index contributed by atoms with van der Waals surface area (Å²) >= 11 is 0. The molecule has 0 aromatic carbocycles. The van der Waals surface area contributed by atoms with Crippen molar-refractivity contribution >= 4 is 5.91 Å². The molecule has 7 heteroatoms. The van der Waals surface area contributed by atoms with Gasteiger partial charge < -0.3 is 14.0 Å². The standard InChI is InChI=1S/C21H25N5O2/c1-15(2)18-12-19(28-24-18)21(27)26-10-3-4-17(14-26)20-23-9-11-25(20)13-16-5-7-22-8-6-16/h5-9,11-12,15,17H,3-4,10,13-14H2,1-2H3. The van der Waals surface area contributed by atoms with Gasteiger partial charge in [-0.25, -0.2) is 4.98 Å². The van der Waals surface area contributed by atoms with Gasteiger partial charge in [0.05, 0.1) is 5.69 Å². The zero-order valence-corrected chi connectivity index (χ0v) is 16.3. The first kappa shape index (κ1) is 18.4. The molecule has 4 rings (SSSR count). The van der Waals surface area contributed by atoms with Gasteiger partial charge >= 0.3 is 0 Å². The topological polar surface area (TPSA) is 77.0 Å². The smallest absolute Gasteiger partial charge is 0.292 e. The first-order chi connectivity index (χ1) is 13.6. The van der Waals surface area contributed by atoms with Gasteiger partial charge in [-0.2, -0.15) is 0 Å². The molecule has 28 heavy (non-hydrogen) atoms. The van der Waals surface area contributed by atoms with E-state index in [0.29, 0.717) is 12.3 Å². The number of likely N-dealkylation sites (tertiary alicyclic amines) is 1. The highest BCUT2D eigenvalue weighted by molar-refractivity contribution is 5.91. The Kier molecular flexibility index (Phi) is 5.23. The minimum absolute atomic E-state index is 0.0867. The maximum absolute atomic E-state index is 12.9. The molecule has 1 unspecified atom stereocenters. The second kappa shape index (κ2) is 7.96. The average molecular weight is 379 g/mol. The number of imidazole rings is 1. The maximum Gasteiger partial charge on any atom is 0.292 e. The Hall–Kier alpha value is -2.96. The first-order valence-corrected chi connectivity index (χ1v) is 9.77.